The number of carbonyl (C=O) groups excluding carboxylic acids is 1. The van der Waals surface area contributed by atoms with E-state index in [1.807, 2.05) is 19.1 Å². The van der Waals surface area contributed by atoms with Crippen molar-refractivity contribution in [1.82, 2.24) is 14.7 Å². The van der Waals surface area contributed by atoms with Gasteiger partial charge in [0.05, 0.1) is 22.3 Å². The number of hydrogen-bond acceptors (Lipinski definition) is 3. The Morgan fingerprint density at radius 2 is 1.96 bits per heavy atom. The molecule has 0 saturated carbocycles. The Bertz CT molecular complexity index is 723. The molecule has 3 rings (SSSR count). The van der Waals surface area contributed by atoms with Gasteiger partial charge in [-0.1, -0.05) is 23.2 Å². The highest BCUT2D eigenvalue weighted by Gasteiger charge is 2.16. The summed E-state index contributed by atoms with van der Waals surface area (Å²) in [6.07, 6.45) is 2.33. The first-order chi connectivity index (χ1) is 11.0. The van der Waals surface area contributed by atoms with Gasteiger partial charge in [-0.3, -0.25) is 9.69 Å². The number of benzene rings is 1. The van der Waals surface area contributed by atoms with E-state index < -0.39 is 0 Å². The van der Waals surface area contributed by atoms with Crippen molar-refractivity contribution in [3.8, 4) is 5.69 Å². The number of anilines is 1. The lowest BCUT2D eigenvalue weighted by atomic mass is 10.3. The standard InChI is InChI=1S/C16H18Cl2N4O/c1-11-8-15(19-16(23)10-21-6-2-3-7-21)20-22(11)12-4-5-13(17)14(18)9-12/h4-5,8-9H,2-3,6-7,10H2,1H3,(H,19,20,23). The summed E-state index contributed by atoms with van der Waals surface area (Å²) >= 11 is 12.0. The molecule has 1 saturated heterocycles. The predicted molar refractivity (Wildman–Crippen MR) is 92.6 cm³/mol. The summed E-state index contributed by atoms with van der Waals surface area (Å²) in [5.41, 5.74) is 1.71. The highest BCUT2D eigenvalue weighted by atomic mass is 35.5. The third kappa shape index (κ3) is 3.86. The van der Waals surface area contributed by atoms with Crippen molar-refractivity contribution in [2.75, 3.05) is 25.0 Å². The molecule has 0 atom stereocenters. The molecule has 0 aliphatic carbocycles. The average Bonchev–Trinajstić information content (AvgIpc) is 3.12. The van der Waals surface area contributed by atoms with Crippen LogP contribution in [0.2, 0.25) is 10.0 Å². The van der Waals surface area contributed by atoms with E-state index in [4.69, 9.17) is 23.2 Å². The van der Waals surface area contributed by atoms with Gasteiger partial charge in [0.25, 0.3) is 0 Å². The fourth-order valence-corrected chi connectivity index (χ4v) is 3.03. The Morgan fingerprint density at radius 1 is 1.22 bits per heavy atom. The molecule has 0 radical (unpaired) electrons. The lowest BCUT2D eigenvalue weighted by Crippen LogP contribution is -2.31. The van der Waals surface area contributed by atoms with Crippen LogP contribution in [-0.2, 0) is 4.79 Å². The van der Waals surface area contributed by atoms with Crippen molar-refractivity contribution in [1.29, 1.82) is 0 Å². The average molecular weight is 353 g/mol. The number of likely N-dealkylation sites (tertiary alicyclic amines) is 1. The SMILES string of the molecule is Cc1cc(NC(=O)CN2CCCC2)nn1-c1ccc(Cl)c(Cl)c1. The molecule has 7 heteroatoms. The molecule has 1 fully saturated rings. The summed E-state index contributed by atoms with van der Waals surface area (Å²) in [6, 6.07) is 7.15. The highest BCUT2D eigenvalue weighted by Crippen LogP contribution is 2.25. The zero-order valence-corrected chi connectivity index (χ0v) is 14.4. The zero-order chi connectivity index (χ0) is 16.4. The molecule has 0 bridgehead atoms. The van der Waals surface area contributed by atoms with Crippen LogP contribution in [0.25, 0.3) is 5.69 Å². The van der Waals surface area contributed by atoms with E-state index in [1.165, 1.54) is 12.8 Å². The van der Waals surface area contributed by atoms with Crippen molar-refractivity contribution < 1.29 is 4.79 Å². The van der Waals surface area contributed by atoms with Crippen molar-refractivity contribution >= 4 is 34.9 Å². The van der Waals surface area contributed by atoms with Crippen molar-refractivity contribution in [3.63, 3.8) is 0 Å². The molecule has 1 aromatic heterocycles. The zero-order valence-electron chi connectivity index (χ0n) is 12.9. The second kappa shape index (κ2) is 6.91. The topological polar surface area (TPSA) is 50.2 Å². The lowest BCUT2D eigenvalue weighted by molar-refractivity contribution is -0.117. The number of hydrogen-bond donors (Lipinski definition) is 1. The van der Waals surface area contributed by atoms with Crippen molar-refractivity contribution in [2.45, 2.75) is 19.8 Å². The predicted octanol–water partition coefficient (Wildman–Crippen LogP) is 3.52. The van der Waals surface area contributed by atoms with Gasteiger partial charge in [-0.25, -0.2) is 4.68 Å². The van der Waals surface area contributed by atoms with Crippen LogP contribution in [0, 0.1) is 6.92 Å². The molecule has 122 valence electrons. The lowest BCUT2D eigenvalue weighted by Gasteiger charge is -2.13. The molecule has 2 heterocycles. The summed E-state index contributed by atoms with van der Waals surface area (Å²) < 4.78 is 1.73. The Kier molecular flexibility index (Phi) is 4.90. The third-order valence-electron chi connectivity index (χ3n) is 3.87. The maximum Gasteiger partial charge on any atom is 0.239 e. The molecule has 0 spiro atoms. The van der Waals surface area contributed by atoms with Gasteiger partial charge in [0.2, 0.25) is 5.91 Å². The number of nitrogens with zero attached hydrogens (tertiary/aromatic N) is 3. The fourth-order valence-electron chi connectivity index (χ4n) is 2.74. The number of nitrogens with one attached hydrogen (secondary N) is 1. The number of amides is 1. The first-order valence-corrected chi connectivity index (χ1v) is 8.33. The molecule has 1 amide bonds. The molecule has 1 aliphatic rings. The van der Waals surface area contributed by atoms with Gasteiger partial charge >= 0.3 is 0 Å². The number of halogens is 2. The molecular formula is C16H18Cl2N4O. The number of aryl methyl sites for hydroxylation is 1. The monoisotopic (exact) mass is 352 g/mol. The Labute approximate surface area is 145 Å². The largest absolute Gasteiger partial charge is 0.308 e. The summed E-state index contributed by atoms with van der Waals surface area (Å²) in [4.78, 5) is 14.2. The van der Waals surface area contributed by atoms with Crippen LogP contribution < -0.4 is 5.32 Å². The van der Waals surface area contributed by atoms with E-state index >= 15 is 0 Å². The van der Waals surface area contributed by atoms with Crippen LogP contribution in [0.15, 0.2) is 24.3 Å². The van der Waals surface area contributed by atoms with Crippen molar-refractivity contribution in [3.05, 3.63) is 40.0 Å². The van der Waals surface area contributed by atoms with Gasteiger partial charge < -0.3 is 5.32 Å². The second-order valence-electron chi connectivity index (χ2n) is 5.71. The third-order valence-corrected chi connectivity index (χ3v) is 4.61. The van der Waals surface area contributed by atoms with Crippen LogP contribution in [0.4, 0.5) is 5.82 Å². The molecule has 23 heavy (non-hydrogen) atoms. The summed E-state index contributed by atoms with van der Waals surface area (Å²) in [7, 11) is 0. The first-order valence-electron chi connectivity index (χ1n) is 7.57. The van der Waals surface area contributed by atoms with E-state index in [0.717, 1.165) is 24.5 Å². The maximum absolute atomic E-state index is 12.1. The highest BCUT2D eigenvalue weighted by molar-refractivity contribution is 6.42. The molecule has 5 nitrogen and oxygen atoms in total. The normalized spacial score (nSPS) is 15.1. The summed E-state index contributed by atoms with van der Waals surface area (Å²) in [6.45, 7) is 4.32. The van der Waals surface area contributed by atoms with Crippen LogP contribution in [0.3, 0.4) is 0 Å². The van der Waals surface area contributed by atoms with Crippen LogP contribution >= 0.6 is 23.2 Å². The Balaban J connectivity index is 1.72. The molecule has 0 unspecified atom stereocenters. The van der Waals surface area contributed by atoms with Crippen LogP contribution in [0.5, 0.6) is 0 Å². The van der Waals surface area contributed by atoms with E-state index in [1.54, 1.807) is 16.8 Å². The number of carbonyl (C=O) groups is 1. The first kappa shape index (κ1) is 16.3. The fraction of sp³-hybridized carbons (Fsp3) is 0.375. The minimum Gasteiger partial charge on any atom is -0.308 e. The summed E-state index contributed by atoms with van der Waals surface area (Å²) in [5.74, 6) is 0.503. The maximum atomic E-state index is 12.1. The van der Waals surface area contributed by atoms with Gasteiger partial charge in [0.15, 0.2) is 5.82 Å². The van der Waals surface area contributed by atoms with Gasteiger partial charge in [0, 0.05) is 11.8 Å². The van der Waals surface area contributed by atoms with Gasteiger partial charge in [-0.15, -0.1) is 5.10 Å². The van der Waals surface area contributed by atoms with E-state index in [2.05, 4.69) is 15.3 Å². The smallest absolute Gasteiger partial charge is 0.239 e. The molecular weight excluding hydrogens is 335 g/mol. The number of rotatable bonds is 4. The second-order valence-corrected chi connectivity index (χ2v) is 6.53. The van der Waals surface area contributed by atoms with Crippen LogP contribution in [-0.4, -0.2) is 40.2 Å². The molecule has 1 aliphatic heterocycles. The quantitative estimate of drug-likeness (QED) is 0.915. The minimum atomic E-state index is -0.0364. The number of aromatic nitrogens is 2. The Hall–Kier alpha value is -1.56. The summed E-state index contributed by atoms with van der Waals surface area (Å²) in [5, 5.41) is 8.25. The van der Waals surface area contributed by atoms with E-state index in [-0.39, 0.29) is 5.91 Å². The minimum absolute atomic E-state index is 0.0364. The van der Waals surface area contributed by atoms with E-state index in [9.17, 15) is 4.79 Å². The molecule has 1 N–H and O–H groups in total. The van der Waals surface area contributed by atoms with Crippen LogP contribution in [0.1, 0.15) is 18.5 Å². The van der Waals surface area contributed by atoms with Gasteiger partial charge in [-0.05, 0) is 51.1 Å². The van der Waals surface area contributed by atoms with Gasteiger partial charge in [0.1, 0.15) is 0 Å². The van der Waals surface area contributed by atoms with Crippen molar-refractivity contribution in [2.24, 2.45) is 0 Å². The van der Waals surface area contributed by atoms with Gasteiger partial charge in [-0.2, -0.15) is 0 Å². The Morgan fingerprint density at radius 3 is 2.65 bits per heavy atom. The molecule has 1 aromatic carbocycles. The van der Waals surface area contributed by atoms with E-state index in [0.29, 0.717) is 22.4 Å². The molecule has 2 aromatic rings.